The van der Waals surface area contributed by atoms with Gasteiger partial charge in [0.2, 0.25) is 0 Å². The third-order valence-corrected chi connectivity index (χ3v) is 5.46. The second-order valence-electron chi connectivity index (χ2n) is 7.46. The molecule has 30 heavy (non-hydrogen) atoms. The highest BCUT2D eigenvalue weighted by Gasteiger charge is 2.11. The molecule has 0 aliphatic heterocycles. The molecule has 4 nitrogen and oxygen atoms in total. The van der Waals surface area contributed by atoms with Crippen molar-refractivity contribution in [2.75, 3.05) is 6.54 Å². The molecule has 0 radical (unpaired) electrons. The molecule has 4 heteroatoms. The summed E-state index contributed by atoms with van der Waals surface area (Å²) >= 11 is 0. The second-order valence-corrected chi connectivity index (χ2v) is 7.46. The fourth-order valence-corrected chi connectivity index (χ4v) is 3.74. The maximum absolute atomic E-state index is 12.5. The van der Waals surface area contributed by atoms with Gasteiger partial charge in [0.15, 0.2) is 0 Å². The van der Waals surface area contributed by atoms with Crippen LogP contribution in [-0.2, 0) is 25.8 Å². The summed E-state index contributed by atoms with van der Waals surface area (Å²) < 4.78 is 2.23. The topological polar surface area (TPSA) is 46.9 Å². The zero-order chi connectivity index (χ0) is 20.8. The maximum Gasteiger partial charge on any atom is 0.251 e. The molecule has 1 heterocycles. The molecular weight excluding hydrogens is 370 g/mol. The molecule has 3 aromatic carbocycles. The molecule has 0 fully saturated rings. The summed E-state index contributed by atoms with van der Waals surface area (Å²) in [7, 11) is 0. The molecular formula is C26H27N3O. The van der Waals surface area contributed by atoms with E-state index in [0.29, 0.717) is 18.7 Å². The lowest BCUT2D eigenvalue weighted by Crippen LogP contribution is -2.27. The van der Waals surface area contributed by atoms with Crippen LogP contribution in [0.5, 0.6) is 0 Å². The third kappa shape index (κ3) is 4.60. The summed E-state index contributed by atoms with van der Waals surface area (Å²) in [6.45, 7) is 3.37. The van der Waals surface area contributed by atoms with Crippen molar-refractivity contribution in [2.45, 2.75) is 32.7 Å². The normalized spacial score (nSPS) is 11.0. The van der Waals surface area contributed by atoms with Gasteiger partial charge in [-0.1, -0.05) is 61.5 Å². The molecule has 0 saturated heterocycles. The first-order valence-corrected chi connectivity index (χ1v) is 10.6. The molecule has 0 spiro atoms. The van der Waals surface area contributed by atoms with Gasteiger partial charge in [-0.15, -0.1) is 0 Å². The molecule has 0 aliphatic carbocycles. The first kappa shape index (κ1) is 19.9. The van der Waals surface area contributed by atoms with Crippen LogP contribution in [-0.4, -0.2) is 22.0 Å². The number of hydrogen-bond acceptors (Lipinski definition) is 2. The number of nitrogens with one attached hydrogen (secondary N) is 1. The van der Waals surface area contributed by atoms with Crippen molar-refractivity contribution in [3.05, 3.63) is 101 Å². The second kappa shape index (κ2) is 9.40. The van der Waals surface area contributed by atoms with Crippen LogP contribution in [0.25, 0.3) is 11.0 Å². The Kier molecular flexibility index (Phi) is 6.23. The van der Waals surface area contributed by atoms with Crippen molar-refractivity contribution in [3.63, 3.8) is 0 Å². The quantitative estimate of drug-likeness (QED) is 0.464. The van der Waals surface area contributed by atoms with Crippen LogP contribution in [0.15, 0.2) is 78.9 Å². The summed E-state index contributed by atoms with van der Waals surface area (Å²) in [5.74, 6) is 1.02. The molecule has 4 rings (SSSR count). The number of hydrogen-bond donors (Lipinski definition) is 1. The van der Waals surface area contributed by atoms with Gasteiger partial charge >= 0.3 is 0 Å². The van der Waals surface area contributed by atoms with Crippen molar-refractivity contribution >= 4 is 16.9 Å². The standard InChI is InChI=1S/C26H27N3O/c1-2-20-12-15-22(16-13-20)26(30)27-18-19-29-24-11-7-6-10-23(24)28-25(29)17-14-21-8-4-3-5-9-21/h3-13,15-16H,2,14,17-19H2,1H3,(H,27,30). The highest BCUT2D eigenvalue weighted by atomic mass is 16.1. The predicted octanol–water partition coefficient (Wildman–Crippen LogP) is 4.81. The van der Waals surface area contributed by atoms with E-state index in [1.165, 1.54) is 11.1 Å². The highest BCUT2D eigenvalue weighted by molar-refractivity contribution is 5.94. The van der Waals surface area contributed by atoms with Crippen LogP contribution in [0, 0.1) is 0 Å². The smallest absolute Gasteiger partial charge is 0.251 e. The molecule has 1 N–H and O–H groups in total. The van der Waals surface area contributed by atoms with Crippen LogP contribution in [0.2, 0.25) is 0 Å². The van der Waals surface area contributed by atoms with Gasteiger partial charge in [-0.2, -0.15) is 0 Å². The van der Waals surface area contributed by atoms with E-state index in [-0.39, 0.29) is 5.91 Å². The van der Waals surface area contributed by atoms with Gasteiger partial charge in [0.25, 0.3) is 5.91 Å². The first-order valence-electron chi connectivity index (χ1n) is 10.6. The van der Waals surface area contributed by atoms with Crippen molar-refractivity contribution in [2.24, 2.45) is 0 Å². The van der Waals surface area contributed by atoms with Crippen molar-refractivity contribution in [3.8, 4) is 0 Å². The summed E-state index contributed by atoms with van der Waals surface area (Å²) in [6.07, 6.45) is 2.78. The monoisotopic (exact) mass is 397 g/mol. The van der Waals surface area contributed by atoms with E-state index in [2.05, 4.69) is 47.1 Å². The Labute approximate surface area is 177 Å². The number of aryl methyl sites for hydroxylation is 3. The molecule has 4 aromatic rings. The summed E-state index contributed by atoms with van der Waals surface area (Å²) in [4.78, 5) is 17.3. The minimum atomic E-state index is -0.0343. The molecule has 0 unspecified atom stereocenters. The maximum atomic E-state index is 12.5. The van der Waals surface area contributed by atoms with E-state index in [1.54, 1.807) is 0 Å². The zero-order valence-electron chi connectivity index (χ0n) is 17.3. The number of imidazole rings is 1. The van der Waals surface area contributed by atoms with E-state index in [4.69, 9.17) is 4.98 Å². The van der Waals surface area contributed by atoms with Crippen LogP contribution >= 0.6 is 0 Å². The molecule has 0 atom stereocenters. The molecule has 152 valence electrons. The minimum absolute atomic E-state index is 0.0343. The minimum Gasteiger partial charge on any atom is -0.350 e. The van der Waals surface area contributed by atoms with E-state index in [0.717, 1.165) is 36.1 Å². The predicted molar refractivity (Wildman–Crippen MR) is 122 cm³/mol. The molecule has 0 saturated carbocycles. The average Bonchev–Trinajstić information content (AvgIpc) is 3.16. The fraction of sp³-hybridized carbons (Fsp3) is 0.231. The van der Waals surface area contributed by atoms with Crippen LogP contribution in [0.1, 0.15) is 34.2 Å². The number of aromatic nitrogens is 2. The summed E-state index contributed by atoms with van der Waals surface area (Å²) in [5, 5.41) is 3.05. The average molecular weight is 398 g/mol. The SMILES string of the molecule is CCc1ccc(C(=O)NCCn2c(CCc3ccccc3)nc3ccccc32)cc1. The zero-order valence-corrected chi connectivity index (χ0v) is 17.3. The van der Waals surface area contributed by atoms with Gasteiger partial charge in [-0.3, -0.25) is 4.79 Å². The van der Waals surface area contributed by atoms with Gasteiger partial charge in [0, 0.05) is 25.1 Å². The molecule has 1 amide bonds. The number of benzene rings is 3. The number of carbonyl (C=O) groups excluding carboxylic acids is 1. The Morgan fingerprint density at radius 2 is 1.60 bits per heavy atom. The lowest BCUT2D eigenvalue weighted by Gasteiger charge is -2.11. The van der Waals surface area contributed by atoms with E-state index in [9.17, 15) is 4.79 Å². The van der Waals surface area contributed by atoms with Crippen LogP contribution < -0.4 is 5.32 Å². The largest absolute Gasteiger partial charge is 0.350 e. The number of fused-ring (bicyclic) bond motifs is 1. The van der Waals surface area contributed by atoms with Crippen LogP contribution in [0.4, 0.5) is 0 Å². The number of nitrogens with zero attached hydrogens (tertiary/aromatic N) is 2. The summed E-state index contributed by atoms with van der Waals surface area (Å²) in [5.41, 5.74) is 5.36. The first-order chi connectivity index (χ1) is 14.7. The van der Waals surface area contributed by atoms with Gasteiger partial charge in [0.05, 0.1) is 11.0 Å². The van der Waals surface area contributed by atoms with E-state index >= 15 is 0 Å². The number of carbonyl (C=O) groups is 1. The number of amides is 1. The Morgan fingerprint density at radius 1 is 0.867 bits per heavy atom. The van der Waals surface area contributed by atoms with E-state index in [1.807, 2.05) is 48.5 Å². The molecule has 0 bridgehead atoms. The third-order valence-electron chi connectivity index (χ3n) is 5.46. The van der Waals surface area contributed by atoms with Gasteiger partial charge < -0.3 is 9.88 Å². The van der Waals surface area contributed by atoms with Gasteiger partial charge in [-0.25, -0.2) is 4.98 Å². The highest BCUT2D eigenvalue weighted by Crippen LogP contribution is 2.17. The van der Waals surface area contributed by atoms with E-state index < -0.39 is 0 Å². The van der Waals surface area contributed by atoms with Crippen molar-refractivity contribution in [1.29, 1.82) is 0 Å². The molecule has 1 aromatic heterocycles. The van der Waals surface area contributed by atoms with Gasteiger partial charge in [0.1, 0.15) is 5.82 Å². The Balaban J connectivity index is 1.45. The number of para-hydroxylation sites is 2. The van der Waals surface area contributed by atoms with Crippen molar-refractivity contribution < 1.29 is 4.79 Å². The Hall–Kier alpha value is -3.40. The van der Waals surface area contributed by atoms with Crippen LogP contribution in [0.3, 0.4) is 0 Å². The Morgan fingerprint density at radius 3 is 2.37 bits per heavy atom. The summed E-state index contributed by atoms with van der Waals surface area (Å²) in [6, 6.07) is 26.5. The van der Waals surface area contributed by atoms with Gasteiger partial charge in [-0.05, 0) is 48.2 Å². The fourth-order valence-electron chi connectivity index (χ4n) is 3.74. The van der Waals surface area contributed by atoms with Crippen molar-refractivity contribution in [1.82, 2.24) is 14.9 Å². The Bertz CT molecular complexity index is 1110. The lowest BCUT2D eigenvalue weighted by molar-refractivity contribution is 0.0952. The lowest BCUT2D eigenvalue weighted by atomic mass is 10.1. The molecule has 0 aliphatic rings. The number of rotatable bonds is 8.